The number of ether oxygens (including phenoxy) is 2. The summed E-state index contributed by atoms with van der Waals surface area (Å²) in [6.45, 7) is 6.55. The molecular weight excluding hydrogens is 602 g/mol. The van der Waals surface area contributed by atoms with Gasteiger partial charge >= 0.3 is 6.09 Å². The van der Waals surface area contributed by atoms with Gasteiger partial charge in [-0.2, -0.15) is 10.2 Å². The number of amides is 2. The lowest BCUT2D eigenvalue weighted by molar-refractivity contribution is 0.0269. The largest absolute Gasteiger partial charge is 0.451 e. The van der Waals surface area contributed by atoms with E-state index in [-0.39, 0.29) is 28.7 Å². The second-order valence-electron chi connectivity index (χ2n) is 11.8. The molecule has 5 rings (SSSR count). The number of para-hydroxylation sites is 1. The summed E-state index contributed by atoms with van der Waals surface area (Å²) in [5.74, 6) is -2.92. The molecule has 0 bridgehead atoms. The maximum absolute atomic E-state index is 16.4. The molecule has 2 aromatic heterocycles. The summed E-state index contributed by atoms with van der Waals surface area (Å²) in [6, 6.07) is 11.1. The predicted octanol–water partition coefficient (Wildman–Crippen LogP) is 7.01. The minimum Gasteiger partial charge on any atom is -0.451 e. The molecule has 1 saturated heterocycles. The number of aromatic nitrogens is 3. The number of nitrogens with one attached hydrogen (secondary N) is 1. The van der Waals surface area contributed by atoms with E-state index in [2.05, 4.69) is 20.5 Å². The highest BCUT2D eigenvalue weighted by molar-refractivity contribution is 7.13. The third-order valence-corrected chi connectivity index (χ3v) is 7.89. The molecule has 1 aliphatic rings. The van der Waals surface area contributed by atoms with Gasteiger partial charge in [0.05, 0.1) is 18.1 Å². The number of piperidine rings is 1. The summed E-state index contributed by atoms with van der Waals surface area (Å²) in [6.07, 6.45) is 4.06. The lowest BCUT2D eigenvalue weighted by Crippen LogP contribution is -2.43. The van der Waals surface area contributed by atoms with Crippen LogP contribution in [0.15, 0.2) is 60.2 Å². The highest BCUT2D eigenvalue weighted by Gasteiger charge is 2.31. The molecule has 3 heterocycles. The Balaban J connectivity index is 1.44. The van der Waals surface area contributed by atoms with Gasteiger partial charge in [-0.05, 0) is 57.7 Å². The molecule has 236 valence electrons. The fourth-order valence-corrected chi connectivity index (χ4v) is 5.82. The van der Waals surface area contributed by atoms with Crippen molar-refractivity contribution in [3.05, 3.63) is 77.6 Å². The maximum Gasteiger partial charge on any atom is 0.410 e. The van der Waals surface area contributed by atoms with Crippen molar-refractivity contribution in [2.45, 2.75) is 39.2 Å². The fourth-order valence-electron chi connectivity index (χ4n) is 5.03. The van der Waals surface area contributed by atoms with Gasteiger partial charge in [-0.25, -0.2) is 18.6 Å². The number of nitrogens with zero attached hydrogens (tertiary/aromatic N) is 5. The van der Waals surface area contributed by atoms with Crippen molar-refractivity contribution in [1.29, 1.82) is 0 Å². The first-order valence-corrected chi connectivity index (χ1v) is 15.3. The topological polar surface area (TPSA) is 110 Å². The average Bonchev–Trinajstić information content (AvgIpc) is 3.50. The van der Waals surface area contributed by atoms with Crippen LogP contribution in [0, 0.1) is 17.6 Å². The van der Waals surface area contributed by atoms with Gasteiger partial charge in [0, 0.05) is 43.7 Å². The highest BCUT2D eigenvalue weighted by atomic mass is 32.1. The van der Waals surface area contributed by atoms with Gasteiger partial charge in [0.1, 0.15) is 27.7 Å². The molecular formula is C32H34F2N6O4S. The van der Waals surface area contributed by atoms with Gasteiger partial charge in [0.25, 0.3) is 5.91 Å². The zero-order valence-electron chi connectivity index (χ0n) is 25.4. The number of rotatable bonds is 8. The standard InChI is InChI=1S/C32H34F2N6O4S/c1-32(2,3)44-31(42)39(4)17-20-9-8-14-40(18-20)27-24(15-23(33)28(26(27)34)43-22-10-6-5-7-11-22)37-29(41)25-19-45-30(38-25)21-12-13-35-36-16-21/h5-7,10-13,15-16,19-20H,8-9,14,17-18H2,1-4H3,(H,37,41)/t20-/m0/s1. The Kier molecular flexibility index (Phi) is 9.57. The van der Waals surface area contributed by atoms with E-state index in [9.17, 15) is 9.59 Å². The van der Waals surface area contributed by atoms with Gasteiger partial charge in [-0.1, -0.05) is 18.2 Å². The smallest absolute Gasteiger partial charge is 0.410 e. The van der Waals surface area contributed by atoms with Crippen LogP contribution in [0.5, 0.6) is 11.5 Å². The first-order valence-electron chi connectivity index (χ1n) is 14.5. The van der Waals surface area contributed by atoms with Crippen molar-refractivity contribution in [2.24, 2.45) is 5.92 Å². The second-order valence-corrected chi connectivity index (χ2v) is 12.6. The van der Waals surface area contributed by atoms with Crippen LogP contribution in [-0.4, -0.2) is 64.4 Å². The minimum atomic E-state index is -0.976. The zero-order chi connectivity index (χ0) is 32.1. The Morgan fingerprint density at radius 3 is 2.64 bits per heavy atom. The normalized spacial score (nSPS) is 15.0. The molecule has 13 heteroatoms. The van der Waals surface area contributed by atoms with Gasteiger partial charge in [-0.3, -0.25) is 4.79 Å². The second kappa shape index (κ2) is 13.6. The van der Waals surface area contributed by atoms with Gasteiger partial charge in [0.15, 0.2) is 11.6 Å². The van der Waals surface area contributed by atoms with Crippen molar-refractivity contribution in [3.8, 4) is 22.1 Å². The molecule has 1 N–H and O–H groups in total. The van der Waals surface area contributed by atoms with E-state index < -0.39 is 35.0 Å². The molecule has 45 heavy (non-hydrogen) atoms. The molecule has 1 aliphatic heterocycles. The number of hydrogen-bond donors (Lipinski definition) is 1. The summed E-state index contributed by atoms with van der Waals surface area (Å²) < 4.78 is 43.0. The number of benzene rings is 2. The zero-order valence-corrected chi connectivity index (χ0v) is 26.2. The number of carbonyl (C=O) groups is 2. The lowest BCUT2D eigenvalue weighted by Gasteiger charge is -2.37. The number of thiazole rings is 1. The van der Waals surface area contributed by atoms with E-state index in [0.717, 1.165) is 12.5 Å². The highest BCUT2D eigenvalue weighted by Crippen LogP contribution is 2.41. The molecule has 0 saturated carbocycles. The fraction of sp³-hybridized carbons (Fsp3) is 0.344. The Morgan fingerprint density at radius 2 is 1.93 bits per heavy atom. The molecule has 4 aromatic rings. The van der Waals surface area contributed by atoms with E-state index in [0.29, 0.717) is 36.6 Å². The molecule has 0 radical (unpaired) electrons. The van der Waals surface area contributed by atoms with Crippen LogP contribution >= 0.6 is 11.3 Å². The number of carbonyl (C=O) groups excluding carboxylic acids is 2. The first kappa shape index (κ1) is 31.8. The third kappa shape index (κ3) is 7.90. The van der Waals surface area contributed by atoms with Crippen molar-refractivity contribution in [3.63, 3.8) is 0 Å². The van der Waals surface area contributed by atoms with Crippen molar-refractivity contribution in [1.82, 2.24) is 20.1 Å². The van der Waals surface area contributed by atoms with E-state index in [1.54, 1.807) is 74.5 Å². The number of halogens is 2. The summed E-state index contributed by atoms with van der Waals surface area (Å²) in [5, 5.41) is 12.4. The SMILES string of the molecule is CN(C[C@@H]1CCCN(c2c(NC(=O)c3csc(-c4ccnnc4)n3)cc(F)c(Oc3ccccc3)c2F)C1)C(=O)OC(C)(C)C. The third-order valence-electron chi connectivity index (χ3n) is 7.00. The van der Waals surface area contributed by atoms with Crippen molar-refractivity contribution >= 4 is 34.7 Å². The van der Waals surface area contributed by atoms with Gasteiger partial charge in [0.2, 0.25) is 5.75 Å². The summed E-state index contributed by atoms with van der Waals surface area (Å²) in [5.41, 5.74) is 0.0610. The molecule has 1 atom stereocenters. The van der Waals surface area contributed by atoms with Crippen LogP contribution in [-0.2, 0) is 4.74 Å². The Hall–Kier alpha value is -4.65. The van der Waals surface area contributed by atoms with Crippen LogP contribution < -0.4 is 15.0 Å². The minimum absolute atomic E-state index is 0.00547. The Bertz CT molecular complexity index is 1650. The first-order chi connectivity index (χ1) is 21.5. The molecule has 0 unspecified atom stereocenters. The van der Waals surface area contributed by atoms with Crippen LogP contribution in [0.25, 0.3) is 10.6 Å². The quantitative estimate of drug-likeness (QED) is 0.220. The van der Waals surface area contributed by atoms with E-state index in [4.69, 9.17) is 9.47 Å². The monoisotopic (exact) mass is 636 g/mol. The molecule has 2 aromatic carbocycles. The van der Waals surface area contributed by atoms with Crippen LogP contribution in [0.4, 0.5) is 25.0 Å². The van der Waals surface area contributed by atoms with Crippen LogP contribution in [0.3, 0.4) is 0 Å². The molecule has 0 aliphatic carbocycles. The summed E-state index contributed by atoms with van der Waals surface area (Å²) in [7, 11) is 1.66. The van der Waals surface area contributed by atoms with E-state index in [1.807, 2.05) is 0 Å². The molecule has 10 nitrogen and oxygen atoms in total. The molecule has 0 spiro atoms. The van der Waals surface area contributed by atoms with Crippen molar-refractivity contribution < 1.29 is 27.8 Å². The molecule has 1 fully saturated rings. The average molecular weight is 637 g/mol. The Labute approximate surface area is 264 Å². The van der Waals surface area contributed by atoms with E-state index in [1.165, 1.54) is 28.6 Å². The molecule has 2 amide bonds. The Morgan fingerprint density at radius 1 is 1.16 bits per heavy atom. The number of hydrogen-bond acceptors (Lipinski definition) is 9. The van der Waals surface area contributed by atoms with Crippen LogP contribution in [0.1, 0.15) is 44.1 Å². The van der Waals surface area contributed by atoms with Gasteiger partial charge in [-0.15, -0.1) is 11.3 Å². The van der Waals surface area contributed by atoms with Gasteiger partial charge < -0.3 is 24.6 Å². The number of anilines is 2. The van der Waals surface area contributed by atoms with Crippen molar-refractivity contribution in [2.75, 3.05) is 36.9 Å². The lowest BCUT2D eigenvalue weighted by atomic mass is 9.96. The summed E-state index contributed by atoms with van der Waals surface area (Å²) in [4.78, 5) is 33.6. The predicted molar refractivity (Wildman–Crippen MR) is 168 cm³/mol. The maximum atomic E-state index is 16.4. The van der Waals surface area contributed by atoms with E-state index >= 15 is 8.78 Å². The summed E-state index contributed by atoms with van der Waals surface area (Å²) >= 11 is 1.23. The van der Waals surface area contributed by atoms with Crippen LogP contribution in [0.2, 0.25) is 0 Å².